The van der Waals surface area contributed by atoms with Crippen LogP contribution in [-0.4, -0.2) is 41.9 Å². The molecule has 3 N–H and O–H groups in total. The maximum Gasteiger partial charge on any atom is 0.323 e. The topological polar surface area (TPSA) is 72.8 Å². The molecule has 0 aromatic heterocycles. The average molecular weight is 266 g/mol. The zero-order chi connectivity index (χ0) is 14.3. The third-order valence-corrected chi connectivity index (χ3v) is 3.10. The molecular weight excluding hydrogens is 244 g/mol. The summed E-state index contributed by atoms with van der Waals surface area (Å²) in [6.45, 7) is 6.15. The first-order valence-electron chi connectivity index (χ1n) is 6.53. The molecular formula is C14H22N2O3. The Kier molecular flexibility index (Phi) is 6.32. The maximum atomic E-state index is 10.7. The third kappa shape index (κ3) is 4.54. The second-order valence-electron chi connectivity index (χ2n) is 4.29. The number of nitrogens with one attached hydrogen (secondary N) is 1. The Morgan fingerprint density at radius 1 is 1.26 bits per heavy atom. The Hall–Kier alpha value is -1.59. The average Bonchev–Trinajstić information content (AvgIpc) is 2.42. The molecule has 106 valence electrons. The van der Waals surface area contributed by atoms with Gasteiger partial charge in [0.05, 0.1) is 6.61 Å². The summed E-state index contributed by atoms with van der Waals surface area (Å²) in [5.74, 6) is -1.04. The third-order valence-electron chi connectivity index (χ3n) is 3.10. The fourth-order valence-electron chi connectivity index (χ4n) is 1.88. The van der Waals surface area contributed by atoms with Gasteiger partial charge in [0, 0.05) is 25.3 Å². The van der Waals surface area contributed by atoms with Crippen LogP contribution in [-0.2, 0) is 11.3 Å². The predicted molar refractivity (Wildman–Crippen MR) is 75.4 cm³/mol. The van der Waals surface area contributed by atoms with E-state index in [1.54, 1.807) is 0 Å². The van der Waals surface area contributed by atoms with Crippen molar-refractivity contribution < 1.29 is 15.0 Å². The predicted octanol–water partition coefficient (Wildman–Crippen LogP) is 1.07. The minimum atomic E-state index is -1.04. The summed E-state index contributed by atoms with van der Waals surface area (Å²) >= 11 is 0. The van der Waals surface area contributed by atoms with Crippen molar-refractivity contribution >= 4 is 11.7 Å². The summed E-state index contributed by atoms with van der Waals surface area (Å²) in [5.41, 5.74) is 2.15. The Morgan fingerprint density at radius 2 is 1.84 bits per heavy atom. The monoisotopic (exact) mass is 266 g/mol. The number of hydrogen-bond acceptors (Lipinski definition) is 4. The molecule has 0 bridgehead atoms. The molecule has 0 heterocycles. The van der Waals surface area contributed by atoms with Gasteiger partial charge in [-0.1, -0.05) is 12.1 Å². The van der Waals surface area contributed by atoms with Crippen LogP contribution in [0.25, 0.3) is 0 Å². The molecule has 1 aromatic carbocycles. The van der Waals surface area contributed by atoms with Gasteiger partial charge in [-0.3, -0.25) is 10.1 Å². The van der Waals surface area contributed by atoms with E-state index >= 15 is 0 Å². The number of aliphatic hydroxyl groups is 1. The van der Waals surface area contributed by atoms with E-state index in [-0.39, 0.29) is 0 Å². The summed E-state index contributed by atoms with van der Waals surface area (Å²) in [6, 6.07) is 7.08. The Labute approximate surface area is 113 Å². The maximum absolute atomic E-state index is 10.7. The van der Waals surface area contributed by atoms with Gasteiger partial charge in [-0.05, 0) is 31.5 Å². The van der Waals surface area contributed by atoms with Gasteiger partial charge < -0.3 is 15.1 Å². The highest BCUT2D eigenvalue weighted by atomic mass is 16.4. The lowest BCUT2D eigenvalue weighted by Crippen LogP contribution is -2.39. The van der Waals surface area contributed by atoms with Crippen molar-refractivity contribution in [3.8, 4) is 0 Å². The summed E-state index contributed by atoms with van der Waals surface area (Å²) < 4.78 is 0. The number of hydrogen-bond donors (Lipinski definition) is 3. The van der Waals surface area contributed by atoms with E-state index in [0.29, 0.717) is 6.54 Å². The quantitative estimate of drug-likeness (QED) is 0.656. The molecule has 0 aliphatic carbocycles. The van der Waals surface area contributed by atoms with E-state index in [9.17, 15) is 4.79 Å². The van der Waals surface area contributed by atoms with Gasteiger partial charge >= 0.3 is 5.97 Å². The fourth-order valence-corrected chi connectivity index (χ4v) is 1.88. The molecule has 0 aliphatic heterocycles. The zero-order valence-corrected chi connectivity index (χ0v) is 11.5. The van der Waals surface area contributed by atoms with Crippen molar-refractivity contribution in [2.24, 2.45) is 0 Å². The zero-order valence-electron chi connectivity index (χ0n) is 11.5. The largest absolute Gasteiger partial charge is 0.480 e. The van der Waals surface area contributed by atoms with Crippen LogP contribution in [0.4, 0.5) is 5.69 Å². The summed E-state index contributed by atoms with van der Waals surface area (Å²) in [6.07, 6.45) is 0. The molecule has 0 saturated heterocycles. The minimum Gasteiger partial charge on any atom is -0.480 e. The first kappa shape index (κ1) is 15.5. The van der Waals surface area contributed by atoms with Crippen LogP contribution in [0.15, 0.2) is 24.3 Å². The first-order valence-corrected chi connectivity index (χ1v) is 6.53. The molecule has 1 aromatic rings. The normalized spacial score (nSPS) is 12.2. The van der Waals surface area contributed by atoms with E-state index in [1.165, 1.54) is 0 Å². The van der Waals surface area contributed by atoms with Crippen LogP contribution in [0, 0.1) is 0 Å². The van der Waals surface area contributed by atoms with Gasteiger partial charge in [-0.2, -0.15) is 0 Å². The molecule has 5 heteroatoms. The fraction of sp³-hybridized carbons (Fsp3) is 0.500. The molecule has 0 amide bonds. The first-order chi connectivity index (χ1) is 9.12. The highest BCUT2D eigenvalue weighted by molar-refractivity contribution is 5.73. The van der Waals surface area contributed by atoms with Gasteiger partial charge in [0.15, 0.2) is 0 Å². The van der Waals surface area contributed by atoms with Crippen LogP contribution >= 0.6 is 0 Å². The van der Waals surface area contributed by atoms with Crippen LogP contribution < -0.4 is 10.2 Å². The Morgan fingerprint density at radius 3 is 2.26 bits per heavy atom. The van der Waals surface area contributed by atoms with Gasteiger partial charge in [-0.15, -0.1) is 0 Å². The smallest absolute Gasteiger partial charge is 0.323 e. The number of aliphatic hydroxyl groups excluding tert-OH is 1. The summed E-state index contributed by atoms with van der Waals surface area (Å²) in [7, 11) is 0. The standard InChI is InChI=1S/C14H22N2O3/c1-3-16(4-2)12-7-5-11(6-8-12)9-15-13(10-17)14(18)19/h5-8,13,15,17H,3-4,9-10H2,1-2H3,(H,18,19). The van der Waals surface area contributed by atoms with Crippen molar-refractivity contribution in [2.75, 3.05) is 24.6 Å². The number of carboxylic acids is 1. The number of aliphatic carboxylic acids is 1. The number of rotatable bonds is 8. The van der Waals surface area contributed by atoms with Gasteiger partial charge in [0.2, 0.25) is 0 Å². The van der Waals surface area contributed by atoms with Crippen LogP contribution in [0.2, 0.25) is 0 Å². The van der Waals surface area contributed by atoms with Gasteiger partial charge in [-0.25, -0.2) is 0 Å². The van der Waals surface area contributed by atoms with Crippen molar-refractivity contribution in [1.29, 1.82) is 0 Å². The number of anilines is 1. The highest BCUT2D eigenvalue weighted by Crippen LogP contribution is 2.14. The molecule has 5 nitrogen and oxygen atoms in total. The van der Waals surface area contributed by atoms with Crippen LogP contribution in [0.3, 0.4) is 0 Å². The second kappa shape index (κ2) is 7.76. The van der Waals surface area contributed by atoms with E-state index in [4.69, 9.17) is 10.2 Å². The Bertz CT molecular complexity index is 388. The van der Waals surface area contributed by atoms with Gasteiger partial charge in [0.1, 0.15) is 6.04 Å². The molecule has 0 aliphatic rings. The van der Waals surface area contributed by atoms with E-state index < -0.39 is 18.6 Å². The lowest BCUT2D eigenvalue weighted by molar-refractivity contribution is -0.140. The van der Waals surface area contributed by atoms with E-state index in [2.05, 4.69) is 24.1 Å². The van der Waals surface area contributed by atoms with Crippen LogP contribution in [0.5, 0.6) is 0 Å². The molecule has 0 saturated carbocycles. The van der Waals surface area contributed by atoms with Crippen molar-refractivity contribution in [3.05, 3.63) is 29.8 Å². The number of benzene rings is 1. The van der Waals surface area contributed by atoms with Crippen molar-refractivity contribution in [3.63, 3.8) is 0 Å². The number of carbonyl (C=O) groups is 1. The van der Waals surface area contributed by atoms with E-state index in [1.807, 2.05) is 24.3 Å². The molecule has 1 rings (SSSR count). The molecule has 19 heavy (non-hydrogen) atoms. The van der Waals surface area contributed by atoms with Crippen molar-refractivity contribution in [1.82, 2.24) is 5.32 Å². The molecule has 0 fully saturated rings. The number of nitrogens with zero attached hydrogens (tertiary/aromatic N) is 1. The van der Waals surface area contributed by atoms with E-state index in [0.717, 1.165) is 24.3 Å². The van der Waals surface area contributed by atoms with Crippen molar-refractivity contribution in [2.45, 2.75) is 26.4 Å². The lowest BCUT2D eigenvalue weighted by atomic mass is 10.2. The number of carboxylic acid groups (broad SMARTS) is 1. The SMILES string of the molecule is CCN(CC)c1ccc(CNC(CO)C(=O)O)cc1. The molecule has 1 unspecified atom stereocenters. The highest BCUT2D eigenvalue weighted by Gasteiger charge is 2.14. The molecule has 0 radical (unpaired) electrons. The second-order valence-corrected chi connectivity index (χ2v) is 4.29. The molecule has 0 spiro atoms. The summed E-state index contributed by atoms with van der Waals surface area (Å²) in [4.78, 5) is 13.0. The lowest BCUT2D eigenvalue weighted by Gasteiger charge is -2.21. The summed E-state index contributed by atoms with van der Waals surface area (Å²) in [5, 5.41) is 20.5. The molecule has 1 atom stereocenters. The van der Waals surface area contributed by atoms with Crippen LogP contribution in [0.1, 0.15) is 19.4 Å². The van der Waals surface area contributed by atoms with Gasteiger partial charge in [0.25, 0.3) is 0 Å². The minimum absolute atomic E-state index is 0.410. The Balaban J connectivity index is 2.59.